The van der Waals surface area contributed by atoms with Gasteiger partial charge in [0.15, 0.2) is 5.17 Å². The van der Waals surface area contributed by atoms with Gasteiger partial charge in [0.05, 0.1) is 29.8 Å². The average Bonchev–Trinajstić information content (AvgIpc) is 3.46. The van der Waals surface area contributed by atoms with E-state index in [2.05, 4.69) is 16.9 Å². The van der Waals surface area contributed by atoms with E-state index in [1.807, 2.05) is 47.6 Å². The molecule has 1 aromatic carbocycles. The molecule has 168 valence electrons. The Bertz CT molecular complexity index is 980. The Kier molecular flexibility index (Phi) is 7.12. The molecule has 7 nitrogen and oxygen atoms in total. The SMILES string of the molecule is C=CCOC(=O)C1=C(C)N=C2SC=C(CC(=O)NCC3CCCO3)N2C1c1ccccc1. The first-order valence-corrected chi connectivity index (χ1v) is 11.6. The zero-order chi connectivity index (χ0) is 22.5. The summed E-state index contributed by atoms with van der Waals surface area (Å²) in [5.41, 5.74) is 2.81. The smallest absolute Gasteiger partial charge is 0.338 e. The zero-order valence-corrected chi connectivity index (χ0v) is 18.9. The van der Waals surface area contributed by atoms with Crippen molar-refractivity contribution in [1.82, 2.24) is 10.2 Å². The molecule has 0 saturated carbocycles. The molecular weight excluding hydrogens is 426 g/mol. The molecule has 0 aromatic heterocycles. The number of nitrogens with zero attached hydrogens (tertiary/aromatic N) is 2. The Labute approximate surface area is 192 Å². The Hall–Kier alpha value is -2.84. The van der Waals surface area contributed by atoms with Gasteiger partial charge in [-0.2, -0.15) is 0 Å². The predicted molar refractivity (Wildman–Crippen MR) is 125 cm³/mol. The maximum atomic E-state index is 13.0. The fourth-order valence-corrected chi connectivity index (χ4v) is 5.02. The number of thioether (sulfide) groups is 1. The van der Waals surface area contributed by atoms with E-state index in [0.717, 1.165) is 35.9 Å². The van der Waals surface area contributed by atoms with Gasteiger partial charge < -0.3 is 19.7 Å². The van der Waals surface area contributed by atoms with E-state index >= 15 is 0 Å². The molecule has 8 heteroatoms. The third-order valence-electron chi connectivity index (χ3n) is 5.56. The first kappa shape index (κ1) is 22.4. The number of ether oxygens (including phenoxy) is 2. The van der Waals surface area contributed by atoms with Crippen LogP contribution in [0, 0.1) is 0 Å². The number of amides is 1. The summed E-state index contributed by atoms with van der Waals surface area (Å²) in [6.07, 6.45) is 3.82. The number of carbonyl (C=O) groups is 2. The molecule has 2 atom stereocenters. The highest BCUT2D eigenvalue weighted by Gasteiger charge is 2.41. The number of aliphatic imine (C=N–C) groups is 1. The second kappa shape index (κ2) is 10.2. The third kappa shape index (κ3) is 4.81. The highest BCUT2D eigenvalue weighted by Crippen LogP contribution is 2.44. The quantitative estimate of drug-likeness (QED) is 0.478. The summed E-state index contributed by atoms with van der Waals surface area (Å²) < 4.78 is 11.0. The second-order valence-corrected chi connectivity index (χ2v) is 8.64. The maximum absolute atomic E-state index is 13.0. The minimum absolute atomic E-state index is 0.0810. The van der Waals surface area contributed by atoms with Crippen molar-refractivity contribution in [2.24, 2.45) is 4.99 Å². The van der Waals surface area contributed by atoms with E-state index in [4.69, 9.17) is 9.47 Å². The van der Waals surface area contributed by atoms with Crippen LogP contribution in [0.3, 0.4) is 0 Å². The molecule has 0 spiro atoms. The number of nitrogens with one attached hydrogen (secondary N) is 1. The molecule has 2 unspecified atom stereocenters. The first-order valence-electron chi connectivity index (χ1n) is 10.7. The van der Waals surface area contributed by atoms with Crippen molar-refractivity contribution in [3.8, 4) is 0 Å². The van der Waals surface area contributed by atoms with Crippen LogP contribution < -0.4 is 5.32 Å². The molecule has 1 amide bonds. The summed E-state index contributed by atoms with van der Waals surface area (Å²) in [4.78, 5) is 32.3. The summed E-state index contributed by atoms with van der Waals surface area (Å²) in [5, 5.41) is 5.66. The van der Waals surface area contributed by atoms with Crippen molar-refractivity contribution in [1.29, 1.82) is 0 Å². The van der Waals surface area contributed by atoms with E-state index in [0.29, 0.717) is 17.8 Å². The minimum atomic E-state index is -0.432. The fraction of sp³-hybridized carbons (Fsp3) is 0.375. The van der Waals surface area contributed by atoms with Crippen LogP contribution >= 0.6 is 11.8 Å². The number of fused-ring (bicyclic) bond motifs is 1. The van der Waals surface area contributed by atoms with E-state index in [1.54, 1.807) is 0 Å². The number of esters is 1. The van der Waals surface area contributed by atoms with Crippen molar-refractivity contribution >= 4 is 28.8 Å². The highest BCUT2D eigenvalue weighted by atomic mass is 32.2. The summed E-state index contributed by atoms with van der Waals surface area (Å²) in [7, 11) is 0. The predicted octanol–water partition coefficient (Wildman–Crippen LogP) is 3.68. The van der Waals surface area contributed by atoms with Crippen molar-refractivity contribution in [2.75, 3.05) is 19.8 Å². The van der Waals surface area contributed by atoms with Gasteiger partial charge in [0.2, 0.25) is 5.91 Å². The molecule has 4 rings (SSSR count). The van der Waals surface area contributed by atoms with Gasteiger partial charge in [0, 0.05) is 18.8 Å². The van der Waals surface area contributed by atoms with Gasteiger partial charge in [0.25, 0.3) is 0 Å². The van der Waals surface area contributed by atoms with Crippen molar-refractivity contribution < 1.29 is 19.1 Å². The van der Waals surface area contributed by atoms with Gasteiger partial charge in [-0.3, -0.25) is 4.79 Å². The number of hydrogen-bond donors (Lipinski definition) is 1. The van der Waals surface area contributed by atoms with Crippen LogP contribution in [0.4, 0.5) is 0 Å². The van der Waals surface area contributed by atoms with Crippen LogP contribution in [0.15, 0.2) is 70.4 Å². The fourth-order valence-electron chi connectivity index (χ4n) is 4.05. The van der Waals surface area contributed by atoms with Crippen molar-refractivity contribution in [3.05, 3.63) is 70.9 Å². The van der Waals surface area contributed by atoms with E-state index in [9.17, 15) is 9.59 Å². The van der Waals surface area contributed by atoms with Crippen LogP contribution in [-0.4, -0.2) is 47.8 Å². The molecule has 1 saturated heterocycles. The van der Waals surface area contributed by atoms with Gasteiger partial charge in [-0.1, -0.05) is 54.7 Å². The summed E-state index contributed by atoms with van der Waals surface area (Å²) in [6.45, 7) is 6.83. The number of hydrogen-bond acceptors (Lipinski definition) is 7. The Balaban J connectivity index is 1.58. The van der Waals surface area contributed by atoms with Crippen LogP contribution in [0.5, 0.6) is 0 Å². The number of carbonyl (C=O) groups excluding carboxylic acids is 2. The molecule has 0 radical (unpaired) electrons. The molecule has 0 aliphatic carbocycles. The summed E-state index contributed by atoms with van der Waals surface area (Å²) in [6, 6.07) is 9.32. The number of benzene rings is 1. The topological polar surface area (TPSA) is 80.2 Å². The van der Waals surface area contributed by atoms with E-state index in [1.165, 1.54) is 17.8 Å². The van der Waals surface area contributed by atoms with Gasteiger partial charge in [-0.15, -0.1) is 0 Å². The number of allylic oxidation sites excluding steroid dienone is 1. The largest absolute Gasteiger partial charge is 0.458 e. The van der Waals surface area contributed by atoms with Gasteiger partial charge >= 0.3 is 5.97 Å². The van der Waals surface area contributed by atoms with Crippen LogP contribution in [-0.2, 0) is 19.1 Å². The lowest BCUT2D eigenvalue weighted by Crippen LogP contribution is -2.38. The monoisotopic (exact) mass is 453 g/mol. The lowest BCUT2D eigenvalue weighted by Gasteiger charge is -2.36. The zero-order valence-electron chi connectivity index (χ0n) is 18.1. The Morgan fingerprint density at radius 1 is 1.38 bits per heavy atom. The Morgan fingerprint density at radius 2 is 2.19 bits per heavy atom. The minimum Gasteiger partial charge on any atom is -0.458 e. The second-order valence-electron chi connectivity index (χ2n) is 7.81. The molecule has 1 N–H and O–H groups in total. The van der Waals surface area contributed by atoms with Gasteiger partial charge in [-0.05, 0) is 30.7 Å². The van der Waals surface area contributed by atoms with Crippen LogP contribution in [0.1, 0.15) is 37.8 Å². The van der Waals surface area contributed by atoms with Crippen LogP contribution in [0.2, 0.25) is 0 Å². The summed E-state index contributed by atoms with van der Waals surface area (Å²) >= 11 is 1.46. The van der Waals surface area contributed by atoms with E-state index < -0.39 is 12.0 Å². The highest BCUT2D eigenvalue weighted by molar-refractivity contribution is 8.16. The molecule has 1 fully saturated rings. The number of amidine groups is 1. The lowest BCUT2D eigenvalue weighted by atomic mass is 9.94. The molecule has 1 aromatic rings. The van der Waals surface area contributed by atoms with Crippen molar-refractivity contribution in [2.45, 2.75) is 38.3 Å². The normalized spacial score (nSPS) is 22.2. The lowest BCUT2D eigenvalue weighted by molar-refractivity contribution is -0.138. The van der Waals surface area contributed by atoms with Gasteiger partial charge in [0.1, 0.15) is 6.61 Å². The molecule has 32 heavy (non-hydrogen) atoms. The molecular formula is C24H27N3O4S. The van der Waals surface area contributed by atoms with Crippen LogP contribution in [0.25, 0.3) is 0 Å². The number of rotatable bonds is 8. The standard InChI is InChI=1S/C24H27N3O4S/c1-3-11-31-23(29)21-16(2)26-24-27(22(21)17-8-5-4-6-9-17)18(15-32-24)13-20(28)25-14-19-10-7-12-30-19/h3-6,8-9,15,19,22H,1,7,10-14H2,2H3,(H,25,28). The van der Waals surface area contributed by atoms with E-state index in [-0.39, 0.29) is 25.0 Å². The molecule has 3 aliphatic rings. The third-order valence-corrected chi connectivity index (χ3v) is 6.45. The van der Waals surface area contributed by atoms with Crippen molar-refractivity contribution in [3.63, 3.8) is 0 Å². The average molecular weight is 454 g/mol. The maximum Gasteiger partial charge on any atom is 0.338 e. The van der Waals surface area contributed by atoms with Gasteiger partial charge in [-0.25, -0.2) is 9.79 Å². The molecule has 3 aliphatic heterocycles. The molecule has 3 heterocycles. The first-order chi connectivity index (χ1) is 15.6. The Morgan fingerprint density at radius 3 is 2.91 bits per heavy atom. The summed E-state index contributed by atoms with van der Waals surface area (Å²) in [5.74, 6) is -0.513. The molecule has 0 bridgehead atoms.